The number of likely N-dealkylation sites (tertiary alicyclic amines) is 1. The van der Waals surface area contributed by atoms with Gasteiger partial charge in [-0.3, -0.25) is 9.10 Å². The maximum atomic E-state index is 13.6. The highest BCUT2D eigenvalue weighted by atomic mass is 35.5. The molecule has 1 heterocycles. The van der Waals surface area contributed by atoms with Crippen molar-refractivity contribution < 1.29 is 13.2 Å². The minimum absolute atomic E-state index is 0.0912. The third-order valence-corrected chi connectivity index (χ3v) is 9.01. The maximum Gasteiger partial charge on any atom is 0.264 e. The van der Waals surface area contributed by atoms with Gasteiger partial charge in [0.25, 0.3) is 10.0 Å². The molecule has 3 aromatic rings. The molecule has 0 atom stereocenters. The Bertz CT molecular complexity index is 1270. The lowest BCUT2D eigenvalue weighted by atomic mass is 9.90. The molecule has 4 rings (SSSR count). The smallest absolute Gasteiger partial charge is 0.264 e. The number of aryl methyl sites for hydroxylation is 1. The van der Waals surface area contributed by atoms with E-state index in [0.29, 0.717) is 19.0 Å². The number of hydrogen-bond acceptors (Lipinski definition) is 3. The average molecular weight is 532 g/mol. The second-order valence-electron chi connectivity index (χ2n) is 8.91. The summed E-state index contributed by atoms with van der Waals surface area (Å²) in [6, 6.07) is 21.6. The fourth-order valence-corrected chi connectivity index (χ4v) is 6.25. The van der Waals surface area contributed by atoms with Crippen molar-refractivity contribution in [2.75, 3.05) is 23.9 Å². The standard InChI is InChI=1S/C27H28Cl2N2O3S/c1-20-10-12-23(13-11-20)35(33,34)31(25-9-5-8-24(28)27(25)29)19-26(32)30-16-14-22(15-17-30)18-21-6-3-2-4-7-21/h2-13,22H,14-19H2,1H3. The second kappa shape index (κ2) is 11.0. The van der Waals surface area contributed by atoms with Crippen LogP contribution in [0.4, 0.5) is 5.69 Å². The number of hydrogen-bond donors (Lipinski definition) is 0. The Labute approximate surface area is 217 Å². The van der Waals surface area contributed by atoms with E-state index in [1.165, 1.54) is 17.7 Å². The molecular weight excluding hydrogens is 503 g/mol. The first kappa shape index (κ1) is 25.5. The summed E-state index contributed by atoms with van der Waals surface area (Å²) in [5, 5.41) is 0.321. The van der Waals surface area contributed by atoms with Crippen LogP contribution in [0.15, 0.2) is 77.7 Å². The third kappa shape index (κ3) is 6.00. The molecule has 0 aromatic heterocycles. The Morgan fingerprint density at radius 1 is 0.943 bits per heavy atom. The molecule has 35 heavy (non-hydrogen) atoms. The summed E-state index contributed by atoms with van der Waals surface area (Å²) >= 11 is 12.6. The number of benzene rings is 3. The van der Waals surface area contributed by atoms with E-state index < -0.39 is 10.0 Å². The zero-order valence-corrected chi connectivity index (χ0v) is 21.9. The molecule has 1 fully saturated rings. The number of sulfonamides is 1. The van der Waals surface area contributed by atoms with Gasteiger partial charge < -0.3 is 4.90 Å². The predicted molar refractivity (Wildman–Crippen MR) is 142 cm³/mol. The van der Waals surface area contributed by atoms with E-state index in [4.69, 9.17) is 23.2 Å². The van der Waals surface area contributed by atoms with Crippen LogP contribution < -0.4 is 4.31 Å². The largest absolute Gasteiger partial charge is 0.341 e. The normalized spacial score (nSPS) is 14.7. The van der Waals surface area contributed by atoms with E-state index in [2.05, 4.69) is 12.1 Å². The van der Waals surface area contributed by atoms with Gasteiger partial charge in [-0.2, -0.15) is 0 Å². The molecule has 0 spiro atoms. The number of piperidine rings is 1. The van der Waals surface area contributed by atoms with Crippen LogP contribution in [0.5, 0.6) is 0 Å². The first-order valence-corrected chi connectivity index (χ1v) is 13.8. The summed E-state index contributed by atoms with van der Waals surface area (Å²) in [6.07, 6.45) is 2.74. The number of nitrogens with zero attached hydrogens (tertiary/aromatic N) is 2. The molecule has 5 nitrogen and oxygen atoms in total. The average Bonchev–Trinajstić information content (AvgIpc) is 2.85. The number of halogens is 2. The first-order chi connectivity index (χ1) is 16.8. The Hall–Kier alpha value is -2.54. The zero-order chi connectivity index (χ0) is 25.0. The number of anilines is 1. The van der Waals surface area contributed by atoms with Gasteiger partial charge in [-0.05, 0) is 61.9 Å². The quantitative estimate of drug-likeness (QED) is 0.377. The van der Waals surface area contributed by atoms with Crippen LogP contribution >= 0.6 is 23.2 Å². The molecule has 0 aliphatic carbocycles. The van der Waals surface area contributed by atoms with Crippen LogP contribution in [0.25, 0.3) is 0 Å². The molecule has 1 aliphatic rings. The lowest BCUT2D eigenvalue weighted by molar-refractivity contribution is -0.130. The molecule has 0 N–H and O–H groups in total. The van der Waals surface area contributed by atoms with Crippen LogP contribution in [-0.2, 0) is 21.2 Å². The highest BCUT2D eigenvalue weighted by molar-refractivity contribution is 7.92. The van der Waals surface area contributed by atoms with Gasteiger partial charge in [0.15, 0.2) is 0 Å². The van der Waals surface area contributed by atoms with Crippen LogP contribution in [0.3, 0.4) is 0 Å². The fraction of sp³-hybridized carbons (Fsp3) is 0.296. The van der Waals surface area contributed by atoms with Gasteiger partial charge in [-0.25, -0.2) is 8.42 Å². The minimum atomic E-state index is -4.05. The van der Waals surface area contributed by atoms with E-state index in [1.54, 1.807) is 35.2 Å². The van der Waals surface area contributed by atoms with Crippen molar-refractivity contribution in [3.63, 3.8) is 0 Å². The summed E-state index contributed by atoms with van der Waals surface area (Å²) in [4.78, 5) is 15.2. The van der Waals surface area contributed by atoms with Crippen molar-refractivity contribution in [2.24, 2.45) is 5.92 Å². The lowest BCUT2D eigenvalue weighted by Gasteiger charge is -2.34. The second-order valence-corrected chi connectivity index (χ2v) is 11.6. The molecule has 3 aromatic carbocycles. The van der Waals surface area contributed by atoms with E-state index >= 15 is 0 Å². The van der Waals surface area contributed by atoms with Gasteiger partial charge in [0.2, 0.25) is 5.91 Å². The number of carbonyl (C=O) groups is 1. The number of rotatable bonds is 7. The molecule has 8 heteroatoms. The summed E-state index contributed by atoms with van der Waals surface area (Å²) in [5.41, 5.74) is 2.42. The number of carbonyl (C=O) groups excluding carboxylic acids is 1. The van der Waals surface area contributed by atoms with Crippen molar-refractivity contribution in [1.82, 2.24) is 4.90 Å². The van der Waals surface area contributed by atoms with Crippen LogP contribution in [-0.4, -0.2) is 38.9 Å². The predicted octanol–water partition coefficient (Wildman–Crippen LogP) is 5.98. The van der Waals surface area contributed by atoms with Crippen molar-refractivity contribution in [2.45, 2.75) is 31.1 Å². The maximum absolute atomic E-state index is 13.6. The summed E-state index contributed by atoms with van der Waals surface area (Å²) in [6.45, 7) is 2.72. The van der Waals surface area contributed by atoms with Crippen molar-refractivity contribution in [1.29, 1.82) is 0 Å². The Morgan fingerprint density at radius 2 is 1.60 bits per heavy atom. The topological polar surface area (TPSA) is 57.7 Å². The molecule has 184 valence electrons. The molecule has 1 aliphatic heterocycles. The highest BCUT2D eigenvalue weighted by Gasteiger charge is 2.32. The first-order valence-electron chi connectivity index (χ1n) is 11.6. The summed E-state index contributed by atoms with van der Waals surface area (Å²) in [7, 11) is -4.05. The highest BCUT2D eigenvalue weighted by Crippen LogP contribution is 2.35. The Kier molecular flexibility index (Phi) is 8.05. The van der Waals surface area contributed by atoms with Crippen LogP contribution in [0, 0.1) is 12.8 Å². The van der Waals surface area contributed by atoms with Crippen LogP contribution in [0.1, 0.15) is 24.0 Å². The molecule has 0 radical (unpaired) electrons. The van der Waals surface area contributed by atoms with E-state index in [0.717, 1.165) is 29.1 Å². The van der Waals surface area contributed by atoms with E-state index in [9.17, 15) is 13.2 Å². The van der Waals surface area contributed by atoms with E-state index in [-0.39, 0.29) is 33.1 Å². The molecule has 1 saturated heterocycles. The molecule has 0 bridgehead atoms. The Morgan fingerprint density at radius 3 is 2.26 bits per heavy atom. The van der Waals surface area contributed by atoms with Gasteiger partial charge in [0.05, 0.1) is 20.6 Å². The van der Waals surface area contributed by atoms with Crippen molar-refractivity contribution in [3.8, 4) is 0 Å². The van der Waals surface area contributed by atoms with Crippen molar-refractivity contribution >= 4 is 44.8 Å². The van der Waals surface area contributed by atoms with Gasteiger partial charge in [0, 0.05) is 13.1 Å². The zero-order valence-electron chi connectivity index (χ0n) is 19.5. The molecule has 0 unspecified atom stereocenters. The van der Waals surface area contributed by atoms with Gasteiger partial charge in [-0.1, -0.05) is 77.3 Å². The molecule has 1 amide bonds. The van der Waals surface area contributed by atoms with Crippen LogP contribution in [0.2, 0.25) is 10.0 Å². The lowest BCUT2D eigenvalue weighted by Crippen LogP contribution is -2.46. The molecule has 0 saturated carbocycles. The van der Waals surface area contributed by atoms with Gasteiger partial charge >= 0.3 is 0 Å². The molecular formula is C27H28Cl2N2O3S. The Balaban J connectivity index is 1.53. The number of amides is 1. The summed E-state index contributed by atoms with van der Waals surface area (Å²) in [5.74, 6) is 0.242. The SMILES string of the molecule is Cc1ccc(S(=O)(=O)N(CC(=O)N2CCC(Cc3ccccc3)CC2)c2cccc(Cl)c2Cl)cc1. The third-order valence-electron chi connectivity index (χ3n) is 6.42. The summed E-state index contributed by atoms with van der Waals surface area (Å²) < 4.78 is 28.3. The van der Waals surface area contributed by atoms with Gasteiger partial charge in [0.1, 0.15) is 6.54 Å². The van der Waals surface area contributed by atoms with Crippen molar-refractivity contribution in [3.05, 3.63) is 94.0 Å². The monoisotopic (exact) mass is 530 g/mol. The fourth-order valence-electron chi connectivity index (χ4n) is 4.38. The minimum Gasteiger partial charge on any atom is -0.341 e. The van der Waals surface area contributed by atoms with Gasteiger partial charge in [-0.15, -0.1) is 0 Å². The van der Waals surface area contributed by atoms with E-state index in [1.807, 2.05) is 25.1 Å².